The van der Waals surface area contributed by atoms with Crippen LogP contribution in [0.15, 0.2) is 71.4 Å². The maximum atomic E-state index is 12.5. The predicted molar refractivity (Wildman–Crippen MR) is 122 cm³/mol. The Kier molecular flexibility index (Phi) is 6.41. The quantitative estimate of drug-likeness (QED) is 0.281. The second-order valence-electron chi connectivity index (χ2n) is 7.26. The average molecular weight is 467 g/mol. The highest BCUT2D eigenvalue weighted by Gasteiger charge is 2.17. The second kappa shape index (κ2) is 9.58. The molecule has 9 nitrogen and oxygen atoms in total. The van der Waals surface area contributed by atoms with Gasteiger partial charge in [-0.25, -0.2) is 0 Å². The number of aromatic nitrogens is 2. The number of ether oxygens (including phenoxy) is 1. The molecule has 33 heavy (non-hydrogen) atoms. The Morgan fingerprint density at radius 2 is 2.06 bits per heavy atom. The lowest BCUT2D eigenvalue weighted by Gasteiger charge is -2.06. The van der Waals surface area contributed by atoms with Crippen LogP contribution in [0.4, 0.5) is 11.4 Å². The monoisotopic (exact) mass is 466 g/mol. The molecule has 0 bridgehead atoms. The second-order valence-corrected chi connectivity index (χ2v) is 7.66. The van der Waals surface area contributed by atoms with Crippen molar-refractivity contribution in [3.8, 4) is 5.75 Å². The zero-order valence-electron chi connectivity index (χ0n) is 17.5. The number of nitrogens with one attached hydrogen (secondary N) is 1. The summed E-state index contributed by atoms with van der Waals surface area (Å²) in [6.07, 6.45) is 3.21. The van der Waals surface area contributed by atoms with E-state index in [2.05, 4.69) is 10.4 Å². The molecule has 1 N–H and O–H groups in total. The van der Waals surface area contributed by atoms with E-state index in [0.29, 0.717) is 23.0 Å². The molecular formula is C23H19ClN4O5. The number of nitrogens with zero attached hydrogens (tertiary/aromatic N) is 3. The molecule has 2 aromatic heterocycles. The lowest BCUT2D eigenvalue weighted by Crippen LogP contribution is -2.10. The first-order valence-electron chi connectivity index (χ1n) is 9.93. The number of hydrogen-bond donors (Lipinski definition) is 1. The van der Waals surface area contributed by atoms with Crippen molar-refractivity contribution >= 4 is 28.9 Å². The SMILES string of the molecule is Cc1ccc(OCc2ccc(C(=O)Nc3cnn(Cc4ccccc4Cl)c3)o2)c([N+](=O)[O-])c1. The van der Waals surface area contributed by atoms with E-state index in [1.165, 1.54) is 24.4 Å². The zero-order chi connectivity index (χ0) is 23.4. The van der Waals surface area contributed by atoms with Crippen LogP contribution in [0.1, 0.15) is 27.4 Å². The number of nitro groups is 1. The van der Waals surface area contributed by atoms with E-state index in [1.54, 1.807) is 36.0 Å². The Morgan fingerprint density at radius 1 is 1.24 bits per heavy atom. The van der Waals surface area contributed by atoms with E-state index >= 15 is 0 Å². The normalized spacial score (nSPS) is 10.7. The van der Waals surface area contributed by atoms with Crippen LogP contribution in [-0.2, 0) is 13.2 Å². The van der Waals surface area contributed by atoms with Gasteiger partial charge in [0, 0.05) is 17.3 Å². The number of amides is 1. The lowest BCUT2D eigenvalue weighted by atomic mass is 10.2. The first-order valence-corrected chi connectivity index (χ1v) is 10.3. The Bertz CT molecular complexity index is 1310. The molecule has 2 aromatic carbocycles. The van der Waals surface area contributed by atoms with Gasteiger partial charge in [0.1, 0.15) is 12.4 Å². The van der Waals surface area contributed by atoms with Gasteiger partial charge in [0.15, 0.2) is 11.5 Å². The molecule has 0 aliphatic carbocycles. The van der Waals surface area contributed by atoms with E-state index in [1.807, 2.05) is 18.2 Å². The molecule has 0 atom stereocenters. The number of halogens is 1. The van der Waals surface area contributed by atoms with Gasteiger partial charge < -0.3 is 14.5 Å². The number of hydrogen-bond acceptors (Lipinski definition) is 6. The van der Waals surface area contributed by atoms with Gasteiger partial charge in [0.2, 0.25) is 0 Å². The molecule has 0 spiro atoms. The van der Waals surface area contributed by atoms with Crippen molar-refractivity contribution in [2.45, 2.75) is 20.1 Å². The van der Waals surface area contributed by atoms with Gasteiger partial charge in [-0.2, -0.15) is 5.10 Å². The van der Waals surface area contributed by atoms with Crippen LogP contribution in [0.2, 0.25) is 5.02 Å². The number of carbonyl (C=O) groups excluding carboxylic acids is 1. The zero-order valence-corrected chi connectivity index (χ0v) is 18.3. The molecule has 4 rings (SSSR count). The number of nitro benzene ring substituents is 1. The molecule has 0 unspecified atom stereocenters. The van der Waals surface area contributed by atoms with Crippen molar-refractivity contribution in [1.82, 2.24) is 9.78 Å². The van der Waals surface area contributed by atoms with Gasteiger partial charge in [-0.15, -0.1) is 0 Å². The fraction of sp³-hybridized carbons (Fsp3) is 0.130. The number of benzene rings is 2. The van der Waals surface area contributed by atoms with Crippen molar-refractivity contribution in [3.63, 3.8) is 0 Å². The minimum atomic E-state index is -0.505. The number of anilines is 1. The van der Waals surface area contributed by atoms with Crippen LogP contribution in [0.5, 0.6) is 5.75 Å². The number of aryl methyl sites for hydroxylation is 1. The van der Waals surface area contributed by atoms with E-state index in [4.69, 9.17) is 20.8 Å². The van der Waals surface area contributed by atoms with Crippen molar-refractivity contribution in [3.05, 3.63) is 105 Å². The summed E-state index contributed by atoms with van der Waals surface area (Å²) in [4.78, 5) is 23.2. The summed E-state index contributed by atoms with van der Waals surface area (Å²) in [6.45, 7) is 2.16. The molecule has 0 radical (unpaired) electrons. The predicted octanol–water partition coefficient (Wildman–Crippen LogP) is 5.23. The van der Waals surface area contributed by atoms with Crippen LogP contribution < -0.4 is 10.1 Å². The van der Waals surface area contributed by atoms with Gasteiger partial charge in [-0.1, -0.05) is 35.9 Å². The summed E-state index contributed by atoms with van der Waals surface area (Å²) in [5, 5.41) is 18.8. The van der Waals surface area contributed by atoms with Gasteiger partial charge in [0.25, 0.3) is 5.91 Å². The van der Waals surface area contributed by atoms with Gasteiger partial charge in [0.05, 0.1) is 23.4 Å². The molecular weight excluding hydrogens is 448 g/mol. The van der Waals surface area contributed by atoms with Crippen LogP contribution in [0.25, 0.3) is 0 Å². The van der Waals surface area contributed by atoms with Crippen molar-refractivity contribution in [1.29, 1.82) is 0 Å². The van der Waals surface area contributed by atoms with E-state index in [-0.39, 0.29) is 23.8 Å². The van der Waals surface area contributed by atoms with Gasteiger partial charge >= 0.3 is 5.69 Å². The largest absolute Gasteiger partial charge is 0.479 e. The summed E-state index contributed by atoms with van der Waals surface area (Å²) in [5.74, 6) is 0.0918. The maximum Gasteiger partial charge on any atom is 0.311 e. The summed E-state index contributed by atoms with van der Waals surface area (Å²) in [5.41, 5.74) is 2.02. The molecule has 168 valence electrons. The Labute approximate surface area is 193 Å². The number of rotatable bonds is 8. The van der Waals surface area contributed by atoms with Crippen molar-refractivity contribution < 1.29 is 18.9 Å². The molecule has 4 aromatic rings. The number of carbonyl (C=O) groups is 1. The average Bonchev–Trinajstić information content (AvgIpc) is 3.44. The minimum absolute atomic E-state index is 0.0626. The Morgan fingerprint density at radius 3 is 2.85 bits per heavy atom. The van der Waals surface area contributed by atoms with Crippen LogP contribution in [0, 0.1) is 17.0 Å². The maximum absolute atomic E-state index is 12.5. The van der Waals surface area contributed by atoms with E-state index < -0.39 is 10.8 Å². The highest BCUT2D eigenvalue weighted by atomic mass is 35.5. The third-order valence-corrected chi connectivity index (χ3v) is 5.12. The first-order chi connectivity index (χ1) is 15.9. The molecule has 1 amide bonds. The fourth-order valence-electron chi connectivity index (χ4n) is 3.13. The standard InChI is InChI=1S/C23H19ClN4O5/c1-15-6-8-21(20(10-15)28(30)31)32-14-18-7-9-22(33-18)23(29)26-17-11-25-27(13-17)12-16-4-2-3-5-19(16)24/h2-11,13H,12,14H2,1H3,(H,26,29). The van der Waals surface area contributed by atoms with Gasteiger partial charge in [-0.3, -0.25) is 19.6 Å². The molecule has 10 heteroatoms. The van der Waals surface area contributed by atoms with Crippen molar-refractivity contribution in [2.75, 3.05) is 5.32 Å². The van der Waals surface area contributed by atoms with Gasteiger partial charge in [-0.05, 0) is 42.3 Å². The minimum Gasteiger partial charge on any atom is -0.479 e. The molecule has 0 saturated carbocycles. The van der Waals surface area contributed by atoms with Crippen LogP contribution >= 0.6 is 11.6 Å². The molecule has 0 fully saturated rings. The summed E-state index contributed by atoms with van der Waals surface area (Å²) in [7, 11) is 0. The highest BCUT2D eigenvalue weighted by molar-refractivity contribution is 6.31. The third kappa shape index (κ3) is 5.39. The third-order valence-electron chi connectivity index (χ3n) is 4.75. The topological polar surface area (TPSA) is 112 Å². The van der Waals surface area contributed by atoms with E-state index in [0.717, 1.165) is 11.1 Å². The summed E-state index contributed by atoms with van der Waals surface area (Å²) >= 11 is 6.18. The van der Waals surface area contributed by atoms with E-state index in [9.17, 15) is 14.9 Å². The smallest absolute Gasteiger partial charge is 0.311 e. The Hall–Kier alpha value is -4.11. The summed E-state index contributed by atoms with van der Waals surface area (Å²) in [6, 6.07) is 15.2. The molecule has 0 aliphatic heterocycles. The van der Waals surface area contributed by atoms with Crippen LogP contribution in [-0.4, -0.2) is 20.6 Å². The molecule has 0 saturated heterocycles. The lowest BCUT2D eigenvalue weighted by molar-refractivity contribution is -0.386. The fourth-order valence-corrected chi connectivity index (χ4v) is 3.32. The first kappa shape index (κ1) is 22.1. The Balaban J connectivity index is 1.36. The molecule has 0 aliphatic rings. The van der Waals surface area contributed by atoms with Crippen LogP contribution in [0.3, 0.4) is 0 Å². The highest BCUT2D eigenvalue weighted by Crippen LogP contribution is 2.28. The van der Waals surface area contributed by atoms with Crippen molar-refractivity contribution in [2.24, 2.45) is 0 Å². The molecule has 2 heterocycles. The summed E-state index contributed by atoms with van der Waals surface area (Å²) < 4.78 is 12.7. The number of furan rings is 1.